The van der Waals surface area contributed by atoms with Crippen LogP contribution in [0.1, 0.15) is 18.4 Å². The Balaban J connectivity index is 2.03. The molecule has 1 aromatic rings. The Hall–Kier alpha value is -0.970. The number of rotatable bonds is 5. The zero-order valence-electron chi connectivity index (χ0n) is 11.0. The van der Waals surface area contributed by atoms with Crippen molar-refractivity contribution in [2.45, 2.75) is 31.0 Å². The van der Waals surface area contributed by atoms with Crippen LogP contribution in [0.2, 0.25) is 0 Å². The summed E-state index contributed by atoms with van der Waals surface area (Å²) < 4.78 is 18.9. The number of hydrogen-bond acceptors (Lipinski definition) is 3. The molecule has 18 heavy (non-hydrogen) atoms. The third-order valence-corrected chi connectivity index (χ3v) is 4.10. The van der Waals surface area contributed by atoms with E-state index in [4.69, 9.17) is 10.5 Å². The van der Waals surface area contributed by atoms with Gasteiger partial charge in [-0.25, -0.2) is 4.39 Å². The zero-order valence-corrected chi connectivity index (χ0v) is 11.0. The van der Waals surface area contributed by atoms with E-state index in [0.29, 0.717) is 18.7 Å². The van der Waals surface area contributed by atoms with E-state index in [1.54, 1.807) is 13.2 Å². The number of likely N-dealkylation sites (N-methyl/N-ethyl adjacent to an activating group) is 1. The second-order valence-electron chi connectivity index (χ2n) is 5.14. The Morgan fingerprint density at radius 1 is 1.44 bits per heavy atom. The number of ether oxygens (including phenoxy) is 1. The van der Waals surface area contributed by atoms with Crippen molar-refractivity contribution in [1.82, 2.24) is 4.90 Å². The van der Waals surface area contributed by atoms with E-state index in [-0.39, 0.29) is 17.5 Å². The molecule has 1 aliphatic rings. The van der Waals surface area contributed by atoms with Gasteiger partial charge in [0.1, 0.15) is 5.82 Å². The molecule has 1 aliphatic carbocycles. The van der Waals surface area contributed by atoms with Crippen LogP contribution >= 0.6 is 0 Å². The van der Waals surface area contributed by atoms with Crippen molar-refractivity contribution in [2.24, 2.45) is 5.73 Å². The average Bonchev–Trinajstić information content (AvgIpc) is 2.32. The van der Waals surface area contributed by atoms with E-state index < -0.39 is 0 Å². The second-order valence-corrected chi connectivity index (χ2v) is 5.14. The predicted molar refractivity (Wildman–Crippen MR) is 69.7 cm³/mol. The maximum atomic E-state index is 13.6. The van der Waals surface area contributed by atoms with Gasteiger partial charge in [0.05, 0.1) is 6.10 Å². The molecule has 0 atom stereocenters. The Morgan fingerprint density at radius 3 is 2.67 bits per heavy atom. The van der Waals surface area contributed by atoms with Crippen LogP contribution in [-0.2, 0) is 11.3 Å². The number of halogens is 1. The number of nitrogens with two attached hydrogens (primary N) is 1. The molecule has 0 unspecified atom stereocenters. The number of methoxy groups -OCH3 is 1. The Bertz CT molecular complexity index is 405. The Labute approximate surface area is 108 Å². The van der Waals surface area contributed by atoms with Gasteiger partial charge < -0.3 is 10.5 Å². The molecule has 2 N–H and O–H groups in total. The maximum absolute atomic E-state index is 13.6. The van der Waals surface area contributed by atoms with Crippen molar-refractivity contribution in [3.8, 4) is 0 Å². The first-order valence-corrected chi connectivity index (χ1v) is 6.29. The molecule has 1 fully saturated rings. The number of benzene rings is 1. The molecule has 0 bridgehead atoms. The first-order valence-electron chi connectivity index (χ1n) is 6.29. The summed E-state index contributed by atoms with van der Waals surface area (Å²) in [6.07, 6.45) is 2.13. The van der Waals surface area contributed by atoms with Crippen LogP contribution in [0.4, 0.5) is 4.39 Å². The van der Waals surface area contributed by atoms with E-state index in [1.807, 2.05) is 19.2 Å². The molecule has 0 aliphatic heterocycles. The fraction of sp³-hybridized carbons (Fsp3) is 0.571. The fourth-order valence-electron chi connectivity index (χ4n) is 2.64. The SMILES string of the molecule is COC1CC(CN)(N(C)Cc2ccccc2F)C1. The van der Waals surface area contributed by atoms with Crippen LogP contribution in [0.3, 0.4) is 0 Å². The van der Waals surface area contributed by atoms with E-state index >= 15 is 0 Å². The summed E-state index contributed by atoms with van der Waals surface area (Å²) in [7, 11) is 3.73. The molecule has 1 aromatic carbocycles. The highest BCUT2D eigenvalue weighted by Gasteiger charge is 2.46. The van der Waals surface area contributed by atoms with Crippen molar-refractivity contribution >= 4 is 0 Å². The van der Waals surface area contributed by atoms with Crippen molar-refractivity contribution in [3.05, 3.63) is 35.6 Å². The summed E-state index contributed by atoms with van der Waals surface area (Å²) in [5, 5.41) is 0. The van der Waals surface area contributed by atoms with Crippen LogP contribution < -0.4 is 5.73 Å². The van der Waals surface area contributed by atoms with Gasteiger partial charge in [0.15, 0.2) is 0 Å². The number of nitrogens with zero attached hydrogens (tertiary/aromatic N) is 1. The van der Waals surface area contributed by atoms with Gasteiger partial charge in [0, 0.05) is 31.3 Å². The zero-order chi connectivity index (χ0) is 13.2. The van der Waals surface area contributed by atoms with Gasteiger partial charge >= 0.3 is 0 Å². The summed E-state index contributed by atoms with van der Waals surface area (Å²) in [4.78, 5) is 2.15. The number of hydrogen-bond donors (Lipinski definition) is 1. The Morgan fingerprint density at radius 2 is 2.11 bits per heavy atom. The van der Waals surface area contributed by atoms with Crippen LogP contribution in [0.15, 0.2) is 24.3 Å². The van der Waals surface area contributed by atoms with Gasteiger partial charge in [-0.15, -0.1) is 0 Å². The van der Waals surface area contributed by atoms with Crippen LogP contribution in [-0.4, -0.2) is 37.2 Å². The van der Waals surface area contributed by atoms with Gasteiger partial charge in [-0.1, -0.05) is 18.2 Å². The van der Waals surface area contributed by atoms with Gasteiger partial charge in [0.2, 0.25) is 0 Å². The minimum absolute atomic E-state index is 0.0387. The highest BCUT2D eigenvalue weighted by Crippen LogP contribution is 2.38. The van der Waals surface area contributed by atoms with Crippen molar-refractivity contribution in [2.75, 3.05) is 20.7 Å². The lowest BCUT2D eigenvalue weighted by atomic mass is 9.73. The fourth-order valence-corrected chi connectivity index (χ4v) is 2.64. The molecule has 100 valence electrons. The molecule has 2 rings (SSSR count). The van der Waals surface area contributed by atoms with Gasteiger partial charge in [-0.3, -0.25) is 4.90 Å². The summed E-state index contributed by atoms with van der Waals surface area (Å²) >= 11 is 0. The van der Waals surface area contributed by atoms with Crippen LogP contribution in [0.25, 0.3) is 0 Å². The predicted octanol–water partition coefficient (Wildman–Crippen LogP) is 1.76. The van der Waals surface area contributed by atoms with E-state index in [9.17, 15) is 4.39 Å². The molecule has 0 amide bonds. The van der Waals surface area contributed by atoms with Crippen LogP contribution in [0, 0.1) is 5.82 Å². The molecule has 1 saturated carbocycles. The van der Waals surface area contributed by atoms with Gasteiger partial charge in [-0.05, 0) is 26.0 Å². The topological polar surface area (TPSA) is 38.5 Å². The molecule has 3 nitrogen and oxygen atoms in total. The summed E-state index contributed by atoms with van der Waals surface area (Å²) in [6.45, 7) is 1.16. The molecular weight excluding hydrogens is 231 g/mol. The first kappa shape index (κ1) is 13.5. The average molecular weight is 252 g/mol. The first-order chi connectivity index (χ1) is 8.61. The summed E-state index contributed by atoms with van der Waals surface area (Å²) in [6, 6.07) is 6.89. The lowest BCUT2D eigenvalue weighted by Crippen LogP contribution is -2.62. The molecular formula is C14H21FN2O. The molecule has 0 radical (unpaired) electrons. The smallest absolute Gasteiger partial charge is 0.127 e. The minimum Gasteiger partial charge on any atom is -0.381 e. The molecule has 4 heteroatoms. The molecule has 0 heterocycles. The summed E-state index contributed by atoms with van der Waals surface area (Å²) in [5.41, 5.74) is 6.57. The van der Waals surface area contributed by atoms with E-state index in [0.717, 1.165) is 12.8 Å². The summed E-state index contributed by atoms with van der Waals surface area (Å²) in [5.74, 6) is -0.154. The molecule has 0 spiro atoms. The lowest BCUT2D eigenvalue weighted by Gasteiger charge is -2.52. The van der Waals surface area contributed by atoms with Crippen molar-refractivity contribution in [1.29, 1.82) is 0 Å². The maximum Gasteiger partial charge on any atom is 0.127 e. The van der Waals surface area contributed by atoms with Gasteiger partial charge in [0.25, 0.3) is 0 Å². The second kappa shape index (κ2) is 5.34. The van der Waals surface area contributed by atoms with Crippen molar-refractivity contribution in [3.63, 3.8) is 0 Å². The third kappa shape index (κ3) is 2.41. The third-order valence-electron chi connectivity index (χ3n) is 4.10. The minimum atomic E-state index is -0.154. The standard InChI is InChI=1S/C14H21FN2O/c1-17(9-11-5-3-4-6-13(11)15)14(10-16)7-12(8-14)18-2/h3-6,12H,7-10,16H2,1-2H3. The quantitative estimate of drug-likeness (QED) is 0.868. The Kier molecular flexibility index (Phi) is 4.00. The highest BCUT2D eigenvalue weighted by atomic mass is 19.1. The van der Waals surface area contributed by atoms with E-state index in [2.05, 4.69) is 4.90 Å². The van der Waals surface area contributed by atoms with Crippen LogP contribution in [0.5, 0.6) is 0 Å². The lowest BCUT2D eigenvalue weighted by molar-refractivity contribution is -0.0813. The molecule has 0 saturated heterocycles. The normalized spacial score (nSPS) is 27.3. The highest BCUT2D eigenvalue weighted by molar-refractivity contribution is 5.18. The van der Waals surface area contributed by atoms with Crippen molar-refractivity contribution < 1.29 is 9.13 Å². The monoisotopic (exact) mass is 252 g/mol. The largest absolute Gasteiger partial charge is 0.381 e. The molecule has 0 aromatic heterocycles. The van der Waals surface area contributed by atoms with E-state index in [1.165, 1.54) is 6.07 Å². The van der Waals surface area contributed by atoms with Gasteiger partial charge in [-0.2, -0.15) is 0 Å².